The van der Waals surface area contributed by atoms with Crippen LogP contribution in [0.15, 0.2) is 121 Å². The van der Waals surface area contributed by atoms with Crippen molar-refractivity contribution in [1.29, 1.82) is 0 Å². The number of nitrogens with zero attached hydrogens (tertiary/aromatic N) is 2. The molecule has 2 heterocycles. The number of benzene rings is 4. The Morgan fingerprint density at radius 3 is 1.43 bits per heavy atom. The largest absolute Gasteiger partial charge is 0.386 e. The molecule has 1 N–H and O–H groups in total. The minimum Gasteiger partial charge on any atom is -0.386 e. The highest BCUT2D eigenvalue weighted by atomic mass is 79.9. The number of aliphatic hydroxyl groups is 1. The zero-order chi connectivity index (χ0) is 32.6. The van der Waals surface area contributed by atoms with E-state index in [-0.39, 0.29) is 17.0 Å². The van der Waals surface area contributed by atoms with Crippen molar-refractivity contribution in [3.05, 3.63) is 144 Å². The third-order valence-electron chi connectivity index (χ3n) is 7.79. The number of alkyl halides is 4. The fourth-order valence-corrected chi connectivity index (χ4v) is 6.14. The van der Waals surface area contributed by atoms with Crippen LogP contribution in [0.25, 0.3) is 0 Å². The Morgan fingerprint density at radius 1 is 0.609 bits per heavy atom. The second kappa shape index (κ2) is 20.4. The molecular formula is C37H42BrCl3N2O3. The van der Waals surface area contributed by atoms with Crippen molar-refractivity contribution in [3.63, 3.8) is 0 Å². The lowest BCUT2D eigenvalue weighted by Crippen LogP contribution is -2.44. The molecule has 0 saturated carbocycles. The topological polar surface area (TPSA) is 45.2 Å². The molecule has 2 aliphatic rings. The summed E-state index contributed by atoms with van der Waals surface area (Å²) in [4.78, 5) is 5.06. The number of ether oxygens (including phenoxy) is 2. The van der Waals surface area contributed by atoms with E-state index in [1.54, 1.807) is 0 Å². The van der Waals surface area contributed by atoms with Gasteiger partial charge < -0.3 is 14.6 Å². The molecule has 0 unspecified atom stereocenters. The third-order valence-corrected chi connectivity index (χ3v) is 8.91. The van der Waals surface area contributed by atoms with Crippen molar-refractivity contribution in [1.82, 2.24) is 9.80 Å². The molecule has 0 spiro atoms. The molecule has 2 fully saturated rings. The van der Waals surface area contributed by atoms with Gasteiger partial charge in [-0.3, -0.25) is 9.80 Å². The van der Waals surface area contributed by atoms with Crippen molar-refractivity contribution in [2.24, 2.45) is 0 Å². The summed E-state index contributed by atoms with van der Waals surface area (Å²) in [5.41, 5.74) is 4.87. The fourth-order valence-electron chi connectivity index (χ4n) is 5.52. The Labute approximate surface area is 297 Å². The van der Waals surface area contributed by atoms with E-state index in [0.29, 0.717) is 6.61 Å². The van der Waals surface area contributed by atoms with Crippen molar-refractivity contribution in [2.45, 2.75) is 40.5 Å². The van der Waals surface area contributed by atoms with E-state index in [1.807, 2.05) is 42.5 Å². The smallest absolute Gasteiger partial charge is 0.180 e. The van der Waals surface area contributed by atoms with Gasteiger partial charge in [-0.25, -0.2) is 0 Å². The summed E-state index contributed by atoms with van der Waals surface area (Å²) in [6.07, 6.45) is -0.528. The monoisotopic (exact) mass is 746 g/mol. The molecule has 46 heavy (non-hydrogen) atoms. The number of rotatable bonds is 8. The Morgan fingerprint density at radius 2 is 0.978 bits per heavy atom. The maximum atomic E-state index is 10.5. The van der Waals surface area contributed by atoms with Crippen LogP contribution in [0.5, 0.6) is 0 Å². The summed E-state index contributed by atoms with van der Waals surface area (Å²) in [5.74, 6) is 0. The van der Waals surface area contributed by atoms with Gasteiger partial charge in [0.15, 0.2) is 4.30 Å². The summed E-state index contributed by atoms with van der Waals surface area (Å²) >= 11 is 18.2. The first-order valence-electron chi connectivity index (χ1n) is 15.5. The van der Waals surface area contributed by atoms with Gasteiger partial charge in [-0.1, -0.05) is 172 Å². The first-order valence-corrected chi connectivity index (χ1v) is 17.7. The van der Waals surface area contributed by atoms with Crippen LogP contribution in [0, 0.1) is 0 Å². The van der Waals surface area contributed by atoms with Gasteiger partial charge in [0.25, 0.3) is 0 Å². The Hall–Kier alpha value is -1.97. The van der Waals surface area contributed by atoms with E-state index in [2.05, 4.69) is 105 Å². The third kappa shape index (κ3) is 12.9. The number of hydrogen-bond acceptors (Lipinski definition) is 5. The van der Waals surface area contributed by atoms with Crippen molar-refractivity contribution < 1.29 is 14.6 Å². The summed E-state index contributed by atoms with van der Waals surface area (Å²) in [5, 5.41) is 10.5. The van der Waals surface area contributed by atoms with E-state index in [1.165, 1.54) is 16.7 Å². The van der Waals surface area contributed by atoms with Gasteiger partial charge in [0, 0.05) is 39.3 Å². The second-order valence-electron chi connectivity index (χ2n) is 11.2. The molecule has 2 aliphatic heterocycles. The molecule has 4 atom stereocenters. The van der Waals surface area contributed by atoms with Crippen LogP contribution in [0.3, 0.4) is 0 Å². The molecule has 0 aromatic heterocycles. The Bertz CT molecular complexity index is 1250. The lowest BCUT2D eigenvalue weighted by Gasteiger charge is -2.35. The lowest BCUT2D eigenvalue weighted by atomic mass is 10.0. The number of halogens is 4. The van der Waals surface area contributed by atoms with Gasteiger partial charge in [0.05, 0.1) is 24.1 Å². The van der Waals surface area contributed by atoms with Crippen molar-refractivity contribution in [2.75, 3.05) is 39.4 Å². The number of hydrogen-bond donors (Lipinski definition) is 1. The van der Waals surface area contributed by atoms with E-state index in [0.717, 1.165) is 51.4 Å². The Balaban J connectivity index is 0.000000187. The van der Waals surface area contributed by atoms with Gasteiger partial charge in [-0.2, -0.15) is 0 Å². The zero-order valence-corrected chi connectivity index (χ0v) is 29.6. The van der Waals surface area contributed by atoms with Crippen molar-refractivity contribution in [3.8, 4) is 0 Å². The lowest BCUT2D eigenvalue weighted by molar-refractivity contribution is -0.0918. The van der Waals surface area contributed by atoms with E-state index in [4.69, 9.17) is 44.3 Å². The quantitative estimate of drug-likeness (QED) is 0.183. The van der Waals surface area contributed by atoms with Crippen LogP contribution < -0.4 is 0 Å². The summed E-state index contributed by atoms with van der Waals surface area (Å²) < 4.78 is 11.0. The Kier molecular flexibility index (Phi) is 16.4. The summed E-state index contributed by atoms with van der Waals surface area (Å²) in [6, 6.07) is 41.3. The molecule has 0 radical (unpaired) electrons. The zero-order valence-electron chi connectivity index (χ0n) is 25.8. The van der Waals surface area contributed by atoms with Gasteiger partial charge in [-0.15, -0.1) is 0 Å². The van der Waals surface area contributed by atoms with Crippen LogP contribution in [0.1, 0.15) is 33.2 Å². The molecule has 0 aliphatic carbocycles. The minimum atomic E-state index is -0.750. The normalized spacial score (nSPS) is 20.0. The molecule has 9 heteroatoms. The molecule has 246 valence electrons. The number of morpholine rings is 2. The predicted molar refractivity (Wildman–Crippen MR) is 194 cm³/mol. The van der Waals surface area contributed by atoms with Gasteiger partial charge in [-0.05, 0) is 22.3 Å². The van der Waals surface area contributed by atoms with Crippen LogP contribution >= 0.6 is 50.7 Å². The van der Waals surface area contributed by atoms with E-state index < -0.39 is 10.4 Å². The highest BCUT2D eigenvalue weighted by Crippen LogP contribution is 2.30. The fraction of sp³-hybridized carbons (Fsp3) is 0.351. The second-order valence-corrected chi connectivity index (χ2v) is 14.1. The highest BCUT2D eigenvalue weighted by molar-refractivity contribution is 9.09. The predicted octanol–water partition coefficient (Wildman–Crippen LogP) is 8.63. The summed E-state index contributed by atoms with van der Waals surface area (Å²) in [7, 11) is 0. The molecule has 6 rings (SSSR count). The minimum absolute atomic E-state index is 0.162. The standard InChI is InChI=1S/C18H20BrNO.C18H21NO2.CHCl3/c19-18(16-9-5-2-6-10-16)17-14-20(11-12-21-17)13-15-7-3-1-4-8-15;20-18(16-9-5-2-6-10-16)17-14-19(11-12-21-17)13-15-7-3-1-4-8-15;2-1(3)4/h1-10,17-18H,11-14H2;1-10,17-18,20H,11-14H2;1H/t17-,18+;17-,18-;/m00./s1. The first-order chi connectivity index (χ1) is 22.4. The maximum absolute atomic E-state index is 10.5. The average molecular weight is 749 g/mol. The molecule has 2 saturated heterocycles. The maximum Gasteiger partial charge on any atom is 0.180 e. The van der Waals surface area contributed by atoms with Gasteiger partial charge in [0.1, 0.15) is 12.2 Å². The average Bonchev–Trinajstić information content (AvgIpc) is 3.10. The SMILES string of the molecule is Br[C@H](c1ccccc1)[C@@H]1CN(Cc2ccccc2)CCO1.ClC(Cl)Cl.O[C@@H](c1ccccc1)[C@@H]1CN(Cc2ccccc2)CCO1. The summed E-state index contributed by atoms with van der Waals surface area (Å²) in [6.45, 7) is 6.99. The van der Waals surface area contributed by atoms with E-state index >= 15 is 0 Å². The van der Waals surface area contributed by atoms with Crippen molar-refractivity contribution >= 4 is 50.7 Å². The molecular weight excluding hydrogens is 707 g/mol. The van der Waals surface area contributed by atoms with Gasteiger partial charge >= 0.3 is 0 Å². The highest BCUT2D eigenvalue weighted by Gasteiger charge is 2.28. The molecule has 4 aromatic rings. The van der Waals surface area contributed by atoms with Gasteiger partial charge in [0.2, 0.25) is 0 Å². The molecule has 5 nitrogen and oxygen atoms in total. The number of aliphatic hydroxyl groups excluding tert-OH is 1. The van der Waals surface area contributed by atoms with Crippen LogP contribution in [0.2, 0.25) is 0 Å². The van der Waals surface area contributed by atoms with Crippen LogP contribution in [0.4, 0.5) is 0 Å². The molecule has 4 aromatic carbocycles. The molecule has 0 amide bonds. The van der Waals surface area contributed by atoms with Crippen LogP contribution in [-0.2, 0) is 22.6 Å². The first kappa shape index (κ1) is 36.9. The van der Waals surface area contributed by atoms with E-state index in [9.17, 15) is 5.11 Å². The van der Waals surface area contributed by atoms with Crippen LogP contribution in [-0.4, -0.2) is 70.8 Å². The molecule has 0 bridgehead atoms.